The summed E-state index contributed by atoms with van der Waals surface area (Å²) < 4.78 is 13.5. The highest BCUT2D eigenvalue weighted by atomic mass is 35.5. The SMILES string of the molecule is C=C/C(=C\C(F)=C/C)c1nc(Cl)c(N(CC)C(=O)CCSC)s1. The molecule has 0 aliphatic rings. The zero-order valence-corrected chi connectivity index (χ0v) is 15.8. The van der Waals surface area contributed by atoms with Crippen LogP contribution in [-0.4, -0.2) is 29.4 Å². The number of aromatic nitrogens is 1. The molecule has 23 heavy (non-hydrogen) atoms. The molecule has 0 radical (unpaired) electrons. The van der Waals surface area contributed by atoms with E-state index in [0.29, 0.717) is 28.5 Å². The second kappa shape index (κ2) is 9.90. The monoisotopic (exact) mass is 374 g/mol. The van der Waals surface area contributed by atoms with Crippen LogP contribution in [0.15, 0.2) is 30.6 Å². The van der Waals surface area contributed by atoms with E-state index in [0.717, 1.165) is 5.75 Å². The molecule has 1 rings (SSSR count). The molecule has 0 unspecified atom stereocenters. The van der Waals surface area contributed by atoms with Crippen molar-refractivity contribution in [1.82, 2.24) is 4.98 Å². The molecule has 0 spiro atoms. The first-order valence-electron chi connectivity index (χ1n) is 7.10. The summed E-state index contributed by atoms with van der Waals surface area (Å²) in [5, 5.41) is 1.37. The van der Waals surface area contributed by atoms with Gasteiger partial charge in [0.25, 0.3) is 0 Å². The molecule has 0 atom stereocenters. The van der Waals surface area contributed by atoms with E-state index in [1.54, 1.807) is 23.6 Å². The molecule has 0 aromatic carbocycles. The molecule has 0 aliphatic carbocycles. The van der Waals surface area contributed by atoms with Gasteiger partial charge in [0.05, 0.1) is 0 Å². The van der Waals surface area contributed by atoms with E-state index in [2.05, 4.69) is 11.6 Å². The van der Waals surface area contributed by atoms with Crippen molar-refractivity contribution in [3.63, 3.8) is 0 Å². The standard InChI is InChI=1S/C16H20ClFN2OS2/c1-5-11(10-12(18)6-2)15-19-14(17)16(23-15)20(7-3)13(21)8-9-22-4/h5-6,10H,1,7-9H2,2-4H3/b11-10+,12-6+. The van der Waals surface area contributed by atoms with E-state index < -0.39 is 0 Å². The zero-order chi connectivity index (χ0) is 17.4. The average molecular weight is 375 g/mol. The molecule has 0 fully saturated rings. The van der Waals surface area contributed by atoms with Crippen LogP contribution < -0.4 is 4.90 Å². The van der Waals surface area contributed by atoms with Gasteiger partial charge in [0.2, 0.25) is 5.91 Å². The van der Waals surface area contributed by atoms with Crippen LogP contribution in [0.4, 0.5) is 9.39 Å². The van der Waals surface area contributed by atoms with Gasteiger partial charge < -0.3 is 4.90 Å². The summed E-state index contributed by atoms with van der Waals surface area (Å²) >= 11 is 9.08. The fourth-order valence-corrected chi connectivity index (χ4v) is 3.56. The first-order valence-corrected chi connectivity index (χ1v) is 9.69. The summed E-state index contributed by atoms with van der Waals surface area (Å²) in [7, 11) is 0. The summed E-state index contributed by atoms with van der Waals surface area (Å²) in [6.45, 7) is 7.68. The Morgan fingerprint density at radius 1 is 1.57 bits per heavy atom. The largest absolute Gasteiger partial charge is 0.301 e. The van der Waals surface area contributed by atoms with Gasteiger partial charge in [-0.15, -0.1) is 0 Å². The lowest BCUT2D eigenvalue weighted by Crippen LogP contribution is -2.30. The van der Waals surface area contributed by atoms with Crippen molar-refractivity contribution in [2.75, 3.05) is 23.5 Å². The molecule has 0 bridgehead atoms. The second-order valence-electron chi connectivity index (χ2n) is 4.47. The summed E-state index contributed by atoms with van der Waals surface area (Å²) in [6.07, 6.45) is 6.61. The number of thioether (sulfide) groups is 1. The highest BCUT2D eigenvalue weighted by Gasteiger charge is 2.21. The van der Waals surface area contributed by atoms with Crippen molar-refractivity contribution >= 4 is 51.2 Å². The quantitative estimate of drug-likeness (QED) is 0.575. The fraction of sp³-hybridized carbons (Fsp3) is 0.375. The smallest absolute Gasteiger partial charge is 0.228 e. The van der Waals surface area contributed by atoms with Crippen molar-refractivity contribution in [3.05, 3.63) is 40.8 Å². The lowest BCUT2D eigenvalue weighted by molar-refractivity contribution is -0.118. The van der Waals surface area contributed by atoms with Gasteiger partial charge in [0, 0.05) is 24.3 Å². The van der Waals surface area contributed by atoms with E-state index in [9.17, 15) is 9.18 Å². The van der Waals surface area contributed by atoms with Gasteiger partial charge in [-0.05, 0) is 26.2 Å². The number of allylic oxidation sites excluding steroid dienone is 5. The Kier molecular flexibility index (Phi) is 8.58. The normalized spacial score (nSPS) is 12.4. The molecule has 1 aromatic rings. The van der Waals surface area contributed by atoms with Gasteiger partial charge in [-0.1, -0.05) is 41.7 Å². The molecule has 3 nitrogen and oxygen atoms in total. The van der Waals surface area contributed by atoms with Crippen molar-refractivity contribution < 1.29 is 9.18 Å². The Labute approximate surface area is 149 Å². The Bertz CT molecular complexity index is 626. The summed E-state index contributed by atoms with van der Waals surface area (Å²) in [4.78, 5) is 18.2. The number of halogens is 2. The maximum Gasteiger partial charge on any atom is 0.228 e. The third-order valence-electron chi connectivity index (χ3n) is 2.99. The number of carbonyl (C=O) groups excluding carboxylic acids is 1. The van der Waals surface area contributed by atoms with Crippen LogP contribution in [0.5, 0.6) is 0 Å². The van der Waals surface area contributed by atoms with Crippen molar-refractivity contribution in [2.24, 2.45) is 0 Å². The number of thiazole rings is 1. The van der Waals surface area contributed by atoms with Gasteiger partial charge in [-0.3, -0.25) is 4.79 Å². The fourth-order valence-electron chi connectivity index (χ4n) is 1.78. The van der Waals surface area contributed by atoms with Crippen LogP contribution in [0.3, 0.4) is 0 Å². The molecule has 0 N–H and O–H groups in total. The predicted octanol–water partition coefficient (Wildman–Crippen LogP) is 5.35. The number of rotatable bonds is 8. The first kappa shape index (κ1) is 19.9. The summed E-state index contributed by atoms with van der Waals surface area (Å²) in [5.41, 5.74) is 0.534. The number of amides is 1. The number of anilines is 1. The highest BCUT2D eigenvalue weighted by Crippen LogP contribution is 2.36. The van der Waals surface area contributed by atoms with Gasteiger partial charge in [-0.2, -0.15) is 11.8 Å². The van der Waals surface area contributed by atoms with Gasteiger partial charge in [0.15, 0.2) is 5.15 Å². The second-order valence-corrected chi connectivity index (χ2v) is 6.79. The van der Waals surface area contributed by atoms with E-state index in [1.807, 2.05) is 13.2 Å². The third-order valence-corrected chi connectivity index (χ3v) is 5.10. The van der Waals surface area contributed by atoms with Crippen LogP contribution in [0.2, 0.25) is 5.15 Å². The Hall–Kier alpha value is -1.11. The zero-order valence-electron chi connectivity index (χ0n) is 13.4. The lowest BCUT2D eigenvalue weighted by Gasteiger charge is -2.18. The Morgan fingerprint density at radius 3 is 2.78 bits per heavy atom. The van der Waals surface area contributed by atoms with Crippen LogP contribution in [0, 0.1) is 0 Å². The Balaban J connectivity index is 3.15. The number of hydrogen-bond acceptors (Lipinski definition) is 4. The maximum absolute atomic E-state index is 13.5. The number of hydrogen-bond donors (Lipinski definition) is 0. The van der Waals surface area contributed by atoms with Gasteiger partial charge in [0.1, 0.15) is 15.8 Å². The van der Waals surface area contributed by atoms with Crippen molar-refractivity contribution in [3.8, 4) is 0 Å². The molecular formula is C16H20ClFN2OS2. The minimum Gasteiger partial charge on any atom is -0.301 e. The van der Waals surface area contributed by atoms with E-state index >= 15 is 0 Å². The minimum absolute atomic E-state index is 0.00252. The molecule has 1 amide bonds. The molecule has 7 heteroatoms. The van der Waals surface area contributed by atoms with Gasteiger partial charge in [-0.25, -0.2) is 9.37 Å². The first-order chi connectivity index (χ1) is 11.0. The van der Waals surface area contributed by atoms with Crippen LogP contribution in [-0.2, 0) is 4.79 Å². The number of carbonyl (C=O) groups is 1. The lowest BCUT2D eigenvalue weighted by atomic mass is 10.2. The molecule has 126 valence electrons. The van der Waals surface area contributed by atoms with Crippen LogP contribution >= 0.6 is 34.7 Å². The number of nitrogens with zero attached hydrogens (tertiary/aromatic N) is 2. The molecule has 0 saturated carbocycles. The molecule has 0 aliphatic heterocycles. The molecule has 1 heterocycles. The minimum atomic E-state index is -0.379. The molecule has 0 saturated heterocycles. The van der Waals surface area contributed by atoms with Crippen LogP contribution in [0.1, 0.15) is 25.3 Å². The highest BCUT2D eigenvalue weighted by molar-refractivity contribution is 7.98. The van der Waals surface area contributed by atoms with Gasteiger partial charge >= 0.3 is 0 Å². The maximum atomic E-state index is 13.5. The summed E-state index contributed by atoms with van der Waals surface area (Å²) in [5.74, 6) is 0.377. The topological polar surface area (TPSA) is 33.2 Å². The van der Waals surface area contributed by atoms with Crippen molar-refractivity contribution in [2.45, 2.75) is 20.3 Å². The molecular weight excluding hydrogens is 355 g/mol. The average Bonchev–Trinajstić information content (AvgIpc) is 2.92. The third kappa shape index (κ3) is 5.48. The van der Waals surface area contributed by atoms with Crippen LogP contribution in [0.25, 0.3) is 5.57 Å². The summed E-state index contributed by atoms with van der Waals surface area (Å²) in [6, 6.07) is 0. The van der Waals surface area contributed by atoms with Crippen molar-refractivity contribution in [1.29, 1.82) is 0 Å². The van der Waals surface area contributed by atoms with E-state index in [1.165, 1.54) is 29.6 Å². The Morgan fingerprint density at radius 2 is 2.26 bits per heavy atom. The van der Waals surface area contributed by atoms with E-state index in [-0.39, 0.29) is 16.9 Å². The molecule has 1 aromatic heterocycles. The predicted molar refractivity (Wildman–Crippen MR) is 101 cm³/mol. The van der Waals surface area contributed by atoms with E-state index in [4.69, 9.17) is 11.6 Å².